The van der Waals surface area contributed by atoms with Crippen molar-refractivity contribution in [2.24, 2.45) is 0 Å². The second-order valence-electron chi connectivity index (χ2n) is 6.38. The van der Waals surface area contributed by atoms with Crippen molar-refractivity contribution in [2.45, 2.75) is 34.2 Å². The number of benzene rings is 1. The first-order chi connectivity index (χ1) is 11.9. The van der Waals surface area contributed by atoms with Crippen LogP contribution in [0.15, 0.2) is 40.8 Å². The molecule has 2 aromatic heterocycles. The van der Waals surface area contributed by atoms with Crippen molar-refractivity contribution in [2.75, 3.05) is 7.05 Å². The highest BCUT2D eigenvalue weighted by Gasteiger charge is 2.21. The van der Waals surface area contributed by atoms with Gasteiger partial charge in [-0.15, -0.1) is 0 Å². The molecule has 0 bridgehead atoms. The van der Waals surface area contributed by atoms with Crippen LogP contribution in [0.25, 0.3) is 5.69 Å². The summed E-state index contributed by atoms with van der Waals surface area (Å²) in [6.07, 6.45) is 0. The van der Waals surface area contributed by atoms with Gasteiger partial charge in [-0.05, 0) is 45.9 Å². The molecule has 0 unspecified atom stereocenters. The molecule has 0 spiro atoms. The number of para-hydroxylation sites is 1. The largest absolute Gasteiger partial charge is 0.466 e. The lowest BCUT2D eigenvalue weighted by atomic mass is 10.1. The molecule has 0 aliphatic rings. The van der Waals surface area contributed by atoms with Crippen LogP contribution in [0.3, 0.4) is 0 Å². The predicted octanol–water partition coefficient (Wildman–Crippen LogP) is 3.97. The van der Waals surface area contributed by atoms with Gasteiger partial charge in [0.05, 0.1) is 16.9 Å². The van der Waals surface area contributed by atoms with Gasteiger partial charge >= 0.3 is 0 Å². The Bertz CT molecular complexity index is 907. The van der Waals surface area contributed by atoms with Gasteiger partial charge in [0.1, 0.15) is 11.5 Å². The van der Waals surface area contributed by atoms with E-state index in [1.54, 1.807) is 11.0 Å². The van der Waals surface area contributed by atoms with Gasteiger partial charge in [-0.25, -0.2) is 4.68 Å². The number of hydrogen-bond acceptors (Lipinski definition) is 3. The van der Waals surface area contributed by atoms with Gasteiger partial charge in [0.2, 0.25) is 0 Å². The molecule has 2 heterocycles. The highest BCUT2D eigenvalue weighted by molar-refractivity contribution is 5.95. The van der Waals surface area contributed by atoms with E-state index in [1.165, 1.54) is 0 Å². The summed E-state index contributed by atoms with van der Waals surface area (Å²) in [6.45, 7) is 8.19. The first-order valence-corrected chi connectivity index (χ1v) is 8.31. The number of rotatable bonds is 4. The van der Waals surface area contributed by atoms with Gasteiger partial charge < -0.3 is 9.32 Å². The molecule has 0 N–H and O–H groups in total. The zero-order valence-corrected chi connectivity index (χ0v) is 15.3. The Balaban J connectivity index is 1.87. The summed E-state index contributed by atoms with van der Waals surface area (Å²) >= 11 is 0. The fraction of sp³-hybridized carbons (Fsp3) is 0.300. The average molecular weight is 337 g/mol. The monoisotopic (exact) mass is 337 g/mol. The molecule has 3 aromatic rings. The summed E-state index contributed by atoms with van der Waals surface area (Å²) in [7, 11) is 1.81. The molecule has 0 fully saturated rings. The van der Waals surface area contributed by atoms with Crippen molar-refractivity contribution in [1.82, 2.24) is 14.7 Å². The molecule has 0 aliphatic carbocycles. The molecule has 0 aliphatic heterocycles. The Hall–Kier alpha value is -2.82. The van der Waals surface area contributed by atoms with Gasteiger partial charge in [-0.2, -0.15) is 5.10 Å². The Kier molecular flexibility index (Phi) is 4.49. The summed E-state index contributed by atoms with van der Waals surface area (Å²) in [6, 6.07) is 11.8. The molecule has 130 valence electrons. The van der Waals surface area contributed by atoms with E-state index in [-0.39, 0.29) is 5.91 Å². The molecule has 5 heteroatoms. The zero-order valence-electron chi connectivity index (χ0n) is 15.3. The van der Waals surface area contributed by atoms with Crippen molar-refractivity contribution in [3.05, 3.63) is 70.4 Å². The molecule has 5 nitrogen and oxygen atoms in total. The first-order valence-electron chi connectivity index (χ1n) is 8.31. The molecule has 0 radical (unpaired) electrons. The van der Waals surface area contributed by atoms with E-state index in [2.05, 4.69) is 5.10 Å². The standard InChI is InChI=1S/C20H23N3O2/c1-13-11-18(16(4)25-13)20(24)22(5)12-19-14(2)21-23(15(19)3)17-9-7-6-8-10-17/h6-11H,12H2,1-5H3. The maximum atomic E-state index is 12.7. The van der Waals surface area contributed by atoms with E-state index < -0.39 is 0 Å². The molecular formula is C20H23N3O2. The second-order valence-corrected chi connectivity index (χ2v) is 6.38. The average Bonchev–Trinajstić information content (AvgIpc) is 3.07. The number of carbonyl (C=O) groups excluding carboxylic acids is 1. The van der Waals surface area contributed by atoms with Gasteiger partial charge in [-0.1, -0.05) is 18.2 Å². The maximum absolute atomic E-state index is 12.7. The lowest BCUT2D eigenvalue weighted by Gasteiger charge is -2.17. The molecular weight excluding hydrogens is 314 g/mol. The fourth-order valence-corrected chi connectivity index (χ4v) is 3.08. The topological polar surface area (TPSA) is 51.3 Å². The lowest BCUT2D eigenvalue weighted by Crippen LogP contribution is -2.26. The van der Waals surface area contributed by atoms with Gasteiger partial charge in [0.25, 0.3) is 5.91 Å². The molecule has 1 aromatic carbocycles. The minimum atomic E-state index is -0.0411. The third-order valence-corrected chi connectivity index (χ3v) is 4.46. The van der Waals surface area contributed by atoms with E-state index in [4.69, 9.17) is 4.42 Å². The van der Waals surface area contributed by atoms with E-state index >= 15 is 0 Å². The Morgan fingerprint density at radius 1 is 1.16 bits per heavy atom. The van der Waals surface area contributed by atoms with E-state index in [0.717, 1.165) is 28.4 Å². The number of aryl methyl sites for hydroxylation is 3. The fourth-order valence-electron chi connectivity index (χ4n) is 3.08. The van der Waals surface area contributed by atoms with Crippen LogP contribution in [-0.2, 0) is 6.54 Å². The highest BCUT2D eigenvalue weighted by Crippen LogP contribution is 2.21. The van der Waals surface area contributed by atoms with Crippen molar-refractivity contribution in [1.29, 1.82) is 0 Å². The van der Waals surface area contributed by atoms with Crippen molar-refractivity contribution in [3.8, 4) is 5.69 Å². The van der Waals surface area contributed by atoms with E-state index in [0.29, 0.717) is 17.9 Å². The van der Waals surface area contributed by atoms with Gasteiger partial charge in [0, 0.05) is 24.8 Å². The first kappa shape index (κ1) is 17.0. The van der Waals surface area contributed by atoms with Gasteiger partial charge in [-0.3, -0.25) is 4.79 Å². The summed E-state index contributed by atoms with van der Waals surface area (Å²) < 4.78 is 7.41. The van der Waals surface area contributed by atoms with Crippen LogP contribution in [0.1, 0.15) is 38.8 Å². The number of carbonyl (C=O) groups is 1. The predicted molar refractivity (Wildman–Crippen MR) is 97.0 cm³/mol. The van der Waals surface area contributed by atoms with Crippen LogP contribution in [0.5, 0.6) is 0 Å². The Labute approximate surface area is 147 Å². The van der Waals surface area contributed by atoms with Crippen LogP contribution in [-0.4, -0.2) is 27.6 Å². The summed E-state index contributed by atoms with van der Waals surface area (Å²) in [4.78, 5) is 14.4. The molecule has 25 heavy (non-hydrogen) atoms. The third kappa shape index (κ3) is 3.22. The number of furan rings is 1. The Morgan fingerprint density at radius 2 is 1.84 bits per heavy atom. The van der Waals surface area contributed by atoms with E-state index in [9.17, 15) is 4.79 Å². The van der Waals surface area contributed by atoms with E-state index in [1.807, 2.05) is 69.8 Å². The Morgan fingerprint density at radius 3 is 2.44 bits per heavy atom. The van der Waals surface area contributed by atoms with Crippen LogP contribution >= 0.6 is 0 Å². The maximum Gasteiger partial charge on any atom is 0.257 e. The summed E-state index contributed by atoms with van der Waals surface area (Å²) in [5.74, 6) is 1.36. The number of hydrogen-bond donors (Lipinski definition) is 0. The number of nitrogens with zero attached hydrogens (tertiary/aromatic N) is 3. The number of amides is 1. The zero-order chi connectivity index (χ0) is 18.1. The van der Waals surface area contributed by atoms with Crippen molar-refractivity contribution in [3.63, 3.8) is 0 Å². The summed E-state index contributed by atoms with van der Waals surface area (Å²) in [5, 5.41) is 4.65. The molecule has 0 saturated heterocycles. The van der Waals surface area contributed by atoms with Crippen LogP contribution in [0.4, 0.5) is 0 Å². The summed E-state index contributed by atoms with van der Waals surface area (Å²) in [5.41, 5.74) is 4.68. The SMILES string of the molecule is Cc1cc(C(=O)N(C)Cc2c(C)nn(-c3ccccc3)c2C)c(C)o1. The van der Waals surface area contributed by atoms with Crippen LogP contribution in [0.2, 0.25) is 0 Å². The highest BCUT2D eigenvalue weighted by atomic mass is 16.3. The van der Waals surface area contributed by atoms with Crippen molar-refractivity contribution >= 4 is 5.91 Å². The van der Waals surface area contributed by atoms with Gasteiger partial charge in [0.15, 0.2) is 0 Å². The molecule has 1 amide bonds. The molecule has 0 saturated carbocycles. The molecule has 3 rings (SSSR count). The van der Waals surface area contributed by atoms with Crippen LogP contribution in [0, 0.1) is 27.7 Å². The lowest BCUT2D eigenvalue weighted by molar-refractivity contribution is 0.0783. The van der Waals surface area contributed by atoms with Crippen LogP contribution < -0.4 is 0 Å². The third-order valence-electron chi connectivity index (χ3n) is 4.46. The quantitative estimate of drug-likeness (QED) is 0.724. The molecule has 0 atom stereocenters. The minimum Gasteiger partial charge on any atom is -0.466 e. The second kappa shape index (κ2) is 6.59. The minimum absolute atomic E-state index is 0.0411. The van der Waals surface area contributed by atoms with Crippen molar-refractivity contribution < 1.29 is 9.21 Å². The number of aromatic nitrogens is 2. The normalized spacial score (nSPS) is 10.9. The smallest absolute Gasteiger partial charge is 0.257 e.